The van der Waals surface area contributed by atoms with Crippen molar-refractivity contribution >= 4 is 17.7 Å². The molecule has 1 aliphatic rings. The SMILES string of the molecule is COc1cc(OC)cc(-c2nnc(S[C@H](C)C(=O)N3CCCCCC3)o2)c1. The highest BCUT2D eigenvalue weighted by Gasteiger charge is 2.24. The van der Waals surface area contributed by atoms with Gasteiger partial charge in [0.2, 0.25) is 11.8 Å². The van der Waals surface area contributed by atoms with Gasteiger partial charge in [-0.1, -0.05) is 24.6 Å². The van der Waals surface area contributed by atoms with Crippen molar-refractivity contribution in [1.82, 2.24) is 15.1 Å². The zero-order valence-electron chi connectivity index (χ0n) is 15.9. The van der Waals surface area contributed by atoms with Crippen molar-refractivity contribution < 1.29 is 18.7 Å². The zero-order valence-corrected chi connectivity index (χ0v) is 16.8. The molecule has 8 heteroatoms. The molecule has 3 rings (SSSR count). The van der Waals surface area contributed by atoms with E-state index >= 15 is 0 Å². The first kappa shape index (κ1) is 19.5. The van der Waals surface area contributed by atoms with Crippen LogP contribution in [0.3, 0.4) is 0 Å². The number of aromatic nitrogens is 2. The number of carbonyl (C=O) groups excluding carboxylic acids is 1. The third-order valence-electron chi connectivity index (χ3n) is 4.55. The van der Waals surface area contributed by atoms with E-state index in [1.54, 1.807) is 32.4 Å². The van der Waals surface area contributed by atoms with Crippen LogP contribution in [0.4, 0.5) is 0 Å². The summed E-state index contributed by atoms with van der Waals surface area (Å²) in [7, 11) is 3.17. The summed E-state index contributed by atoms with van der Waals surface area (Å²) < 4.78 is 16.3. The van der Waals surface area contributed by atoms with E-state index in [9.17, 15) is 4.79 Å². The van der Waals surface area contributed by atoms with Gasteiger partial charge in [0.1, 0.15) is 11.5 Å². The molecule has 2 aromatic rings. The topological polar surface area (TPSA) is 77.7 Å². The third-order valence-corrected chi connectivity index (χ3v) is 5.47. The monoisotopic (exact) mass is 391 g/mol. The lowest BCUT2D eigenvalue weighted by Crippen LogP contribution is -2.37. The Balaban J connectivity index is 1.69. The number of hydrogen-bond acceptors (Lipinski definition) is 7. The number of carbonyl (C=O) groups is 1. The third kappa shape index (κ3) is 4.94. The lowest BCUT2D eigenvalue weighted by Gasteiger charge is -2.23. The number of hydrogen-bond donors (Lipinski definition) is 0. The molecule has 27 heavy (non-hydrogen) atoms. The first-order valence-electron chi connectivity index (χ1n) is 9.13. The van der Waals surface area contributed by atoms with Crippen molar-refractivity contribution in [3.8, 4) is 23.0 Å². The van der Waals surface area contributed by atoms with E-state index in [0.717, 1.165) is 25.9 Å². The normalized spacial score (nSPS) is 15.9. The molecule has 1 aromatic heterocycles. The fraction of sp³-hybridized carbons (Fsp3) is 0.526. The van der Waals surface area contributed by atoms with Crippen LogP contribution in [0.5, 0.6) is 11.5 Å². The summed E-state index contributed by atoms with van der Waals surface area (Å²) in [6.45, 7) is 3.56. The Morgan fingerprint density at radius 2 is 1.70 bits per heavy atom. The maximum absolute atomic E-state index is 12.7. The summed E-state index contributed by atoms with van der Waals surface area (Å²) in [6, 6.07) is 5.38. The minimum Gasteiger partial charge on any atom is -0.497 e. The molecule has 1 aromatic carbocycles. The van der Waals surface area contributed by atoms with Gasteiger partial charge in [-0.3, -0.25) is 4.79 Å². The molecule has 0 N–H and O–H groups in total. The molecular formula is C19H25N3O4S. The van der Waals surface area contributed by atoms with Crippen molar-refractivity contribution in [3.63, 3.8) is 0 Å². The minimum atomic E-state index is -0.267. The summed E-state index contributed by atoms with van der Waals surface area (Å²) >= 11 is 1.29. The second kappa shape index (κ2) is 9.12. The lowest BCUT2D eigenvalue weighted by molar-refractivity contribution is -0.130. The van der Waals surface area contributed by atoms with Gasteiger partial charge in [-0.05, 0) is 31.9 Å². The molecule has 1 aliphatic heterocycles. The van der Waals surface area contributed by atoms with Gasteiger partial charge < -0.3 is 18.8 Å². The number of rotatable bonds is 6. The molecule has 0 radical (unpaired) electrons. The molecule has 7 nitrogen and oxygen atoms in total. The summed E-state index contributed by atoms with van der Waals surface area (Å²) in [5.74, 6) is 1.77. The van der Waals surface area contributed by atoms with E-state index in [2.05, 4.69) is 10.2 Å². The maximum atomic E-state index is 12.7. The van der Waals surface area contributed by atoms with E-state index in [1.165, 1.54) is 24.6 Å². The molecule has 1 atom stereocenters. The zero-order chi connectivity index (χ0) is 19.2. The van der Waals surface area contributed by atoms with Crippen LogP contribution in [-0.4, -0.2) is 53.6 Å². The van der Waals surface area contributed by atoms with Gasteiger partial charge in [-0.25, -0.2) is 0 Å². The molecule has 1 fully saturated rings. The average Bonchev–Trinajstić information content (AvgIpc) is 2.99. The average molecular weight is 391 g/mol. The Bertz CT molecular complexity index is 750. The van der Waals surface area contributed by atoms with Gasteiger partial charge in [0.25, 0.3) is 5.22 Å². The van der Waals surface area contributed by atoms with E-state index in [-0.39, 0.29) is 11.2 Å². The Hall–Kier alpha value is -2.22. The largest absolute Gasteiger partial charge is 0.497 e. The molecule has 0 spiro atoms. The molecule has 1 saturated heterocycles. The number of nitrogens with zero attached hydrogens (tertiary/aromatic N) is 3. The second-order valence-corrected chi connectivity index (χ2v) is 7.77. The molecule has 2 heterocycles. The Morgan fingerprint density at radius 3 is 2.30 bits per heavy atom. The predicted molar refractivity (Wildman–Crippen MR) is 103 cm³/mol. The van der Waals surface area contributed by atoms with Crippen molar-refractivity contribution in [1.29, 1.82) is 0 Å². The predicted octanol–water partition coefficient (Wildman–Crippen LogP) is 3.64. The van der Waals surface area contributed by atoms with Crippen LogP contribution < -0.4 is 9.47 Å². The number of methoxy groups -OCH3 is 2. The molecule has 146 valence electrons. The van der Waals surface area contributed by atoms with Crippen LogP contribution in [0.25, 0.3) is 11.5 Å². The highest BCUT2D eigenvalue weighted by molar-refractivity contribution is 8.00. The van der Waals surface area contributed by atoms with Gasteiger partial charge in [-0.15, -0.1) is 10.2 Å². The summed E-state index contributed by atoms with van der Waals surface area (Å²) in [5.41, 5.74) is 0.706. The quantitative estimate of drug-likeness (QED) is 0.696. The van der Waals surface area contributed by atoms with Crippen LogP contribution in [0.2, 0.25) is 0 Å². The molecule has 0 saturated carbocycles. The second-order valence-electron chi connectivity index (χ2n) is 6.47. The first-order valence-corrected chi connectivity index (χ1v) is 10.0. The number of ether oxygens (including phenoxy) is 2. The number of benzene rings is 1. The van der Waals surface area contributed by atoms with Crippen molar-refractivity contribution in [2.45, 2.75) is 43.1 Å². The van der Waals surface area contributed by atoms with Gasteiger partial charge in [0.05, 0.1) is 19.5 Å². The maximum Gasteiger partial charge on any atom is 0.277 e. The van der Waals surface area contributed by atoms with Gasteiger partial charge in [-0.2, -0.15) is 0 Å². The smallest absolute Gasteiger partial charge is 0.277 e. The number of amides is 1. The van der Waals surface area contributed by atoms with Gasteiger partial charge >= 0.3 is 0 Å². The summed E-state index contributed by atoms with van der Waals surface area (Å²) in [5, 5.41) is 8.30. The molecule has 0 unspecified atom stereocenters. The first-order chi connectivity index (χ1) is 13.1. The van der Waals surface area contributed by atoms with Gasteiger partial charge in [0, 0.05) is 24.7 Å². The molecule has 0 bridgehead atoms. The minimum absolute atomic E-state index is 0.129. The molecule has 1 amide bonds. The Labute approximate surface area is 163 Å². The van der Waals surface area contributed by atoms with E-state index < -0.39 is 0 Å². The Morgan fingerprint density at radius 1 is 1.07 bits per heavy atom. The van der Waals surface area contributed by atoms with Crippen LogP contribution in [-0.2, 0) is 4.79 Å². The highest BCUT2D eigenvalue weighted by atomic mass is 32.2. The summed E-state index contributed by atoms with van der Waals surface area (Å²) in [4.78, 5) is 14.6. The summed E-state index contributed by atoms with van der Waals surface area (Å²) in [6.07, 6.45) is 4.54. The van der Waals surface area contributed by atoms with Crippen molar-refractivity contribution in [2.24, 2.45) is 0 Å². The van der Waals surface area contributed by atoms with Crippen LogP contribution in [0.15, 0.2) is 27.8 Å². The Kier molecular flexibility index (Phi) is 6.60. The fourth-order valence-electron chi connectivity index (χ4n) is 3.05. The van der Waals surface area contributed by atoms with E-state index in [0.29, 0.717) is 28.2 Å². The highest BCUT2D eigenvalue weighted by Crippen LogP contribution is 2.31. The lowest BCUT2D eigenvalue weighted by atomic mass is 10.2. The fourth-order valence-corrected chi connectivity index (χ4v) is 3.82. The van der Waals surface area contributed by atoms with Crippen LogP contribution in [0, 0.1) is 0 Å². The van der Waals surface area contributed by atoms with E-state index in [4.69, 9.17) is 13.9 Å². The molecular weight excluding hydrogens is 366 g/mol. The van der Waals surface area contributed by atoms with Crippen molar-refractivity contribution in [3.05, 3.63) is 18.2 Å². The molecule has 0 aliphatic carbocycles. The van der Waals surface area contributed by atoms with E-state index in [1.807, 2.05) is 11.8 Å². The van der Waals surface area contributed by atoms with Gasteiger partial charge in [0.15, 0.2) is 0 Å². The standard InChI is InChI=1S/C19H25N3O4S/c1-13(18(23)22-8-6-4-5-7-9-22)27-19-21-20-17(26-19)14-10-15(24-2)12-16(11-14)25-3/h10-13H,4-9H2,1-3H3/t13-/m1/s1. The van der Waals surface area contributed by atoms with Crippen LogP contribution >= 0.6 is 11.8 Å². The number of thioether (sulfide) groups is 1. The van der Waals surface area contributed by atoms with Crippen LogP contribution in [0.1, 0.15) is 32.6 Å². The number of likely N-dealkylation sites (tertiary alicyclic amines) is 1. The van der Waals surface area contributed by atoms with Crippen molar-refractivity contribution in [2.75, 3.05) is 27.3 Å².